The smallest absolute Gasteiger partial charge is 0.163 e. The molecule has 0 aromatic rings. The van der Waals surface area contributed by atoms with Gasteiger partial charge in [-0.05, 0) is 0 Å². The standard InChI is InChI=1S/C4H7F2N/c5-1-4(6)2-7-3-4/h7H,1-3H2. The molecule has 0 unspecified atom stereocenters. The Morgan fingerprint density at radius 3 is 2.14 bits per heavy atom. The highest BCUT2D eigenvalue weighted by Crippen LogP contribution is 2.15. The van der Waals surface area contributed by atoms with Crippen LogP contribution in [0.5, 0.6) is 0 Å². The van der Waals surface area contributed by atoms with Crippen LogP contribution in [0.4, 0.5) is 8.78 Å². The fraction of sp³-hybridized carbons (Fsp3) is 1.00. The Bertz CT molecular complexity index is 64.6. The average molecular weight is 107 g/mol. The van der Waals surface area contributed by atoms with Crippen molar-refractivity contribution < 1.29 is 8.78 Å². The molecule has 0 saturated carbocycles. The first-order valence-corrected chi connectivity index (χ1v) is 2.22. The maximum absolute atomic E-state index is 12.2. The van der Waals surface area contributed by atoms with Crippen LogP contribution in [0.2, 0.25) is 0 Å². The third kappa shape index (κ3) is 0.725. The number of nitrogens with one attached hydrogen (secondary N) is 1. The monoisotopic (exact) mass is 107 g/mol. The molecule has 1 N–H and O–H groups in total. The van der Waals surface area contributed by atoms with E-state index in [1.54, 1.807) is 0 Å². The zero-order chi connectivity index (χ0) is 5.33. The van der Waals surface area contributed by atoms with Gasteiger partial charge in [-0.15, -0.1) is 0 Å². The summed E-state index contributed by atoms with van der Waals surface area (Å²) in [4.78, 5) is 0. The Labute approximate surface area is 40.7 Å². The zero-order valence-corrected chi connectivity index (χ0v) is 3.88. The lowest BCUT2D eigenvalue weighted by atomic mass is 10.0. The average Bonchev–Trinajstić information content (AvgIpc) is 1.61. The molecule has 7 heavy (non-hydrogen) atoms. The second-order valence-corrected chi connectivity index (χ2v) is 1.89. The highest BCUT2D eigenvalue weighted by atomic mass is 19.2. The normalized spacial score (nSPS) is 26.6. The van der Waals surface area contributed by atoms with Crippen molar-refractivity contribution in [3.05, 3.63) is 0 Å². The minimum atomic E-state index is -1.51. The molecule has 1 saturated heterocycles. The van der Waals surface area contributed by atoms with Crippen molar-refractivity contribution in [2.75, 3.05) is 19.8 Å². The molecule has 1 fully saturated rings. The van der Waals surface area contributed by atoms with Crippen molar-refractivity contribution in [3.8, 4) is 0 Å². The first-order valence-electron chi connectivity index (χ1n) is 2.22. The Morgan fingerprint density at radius 2 is 2.14 bits per heavy atom. The SMILES string of the molecule is FCC1(F)CNC1. The van der Waals surface area contributed by atoms with Crippen molar-refractivity contribution in [3.63, 3.8) is 0 Å². The van der Waals surface area contributed by atoms with Gasteiger partial charge >= 0.3 is 0 Å². The van der Waals surface area contributed by atoms with Crippen molar-refractivity contribution >= 4 is 0 Å². The summed E-state index contributed by atoms with van der Waals surface area (Å²) in [5, 5.41) is 2.64. The molecule has 3 heteroatoms. The van der Waals surface area contributed by atoms with Crippen LogP contribution in [0.15, 0.2) is 0 Å². The predicted molar refractivity (Wildman–Crippen MR) is 22.7 cm³/mol. The van der Waals surface area contributed by atoms with Crippen molar-refractivity contribution in [1.82, 2.24) is 5.32 Å². The first-order chi connectivity index (χ1) is 3.27. The number of hydrogen-bond donors (Lipinski definition) is 1. The third-order valence-corrected chi connectivity index (χ3v) is 1.12. The molecule has 0 bridgehead atoms. The Kier molecular flexibility index (Phi) is 0.995. The maximum Gasteiger partial charge on any atom is 0.163 e. The van der Waals surface area contributed by atoms with Gasteiger partial charge in [0.2, 0.25) is 0 Å². The van der Waals surface area contributed by atoms with Crippen LogP contribution in [-0.4, -0.2) is 25.4 Å². The zero-order valence-electron chi connectivity index (χ0n) is 3.88. The van der Waals surface area contributed by atoms with Gasteiger partial charge in [0, 0.05) is 13.1 Å². The number of alkyl halides is 2. The molecule has 0 aliphatic carbocycles. The molecule has 0 atom stereocenters. The molecule has 0 radical (unpaired) electrons. The van der Waals surface area contributed by atoms with Crippen LogP contribution in [0.3, 0.4) is 0 Å². The second-order valence-electron chi connectivity index (χ2n) is 1.89. The van der Waals surface area contributed by atoms with Crippen LogP contribution < -0.4 is 5.32 Å². The molecule has 0 spiro atoms. The quantitative estimate of drug-likeness (QED) is 0.507. The van der Waals surface area contributed by atoms with Gasteiger partial charge in [0.15, 0.2) is 5.67 Å². The van der Waals surface area contributed by atoms with Crippen LogP contribution in [0.1, 0.15) is 0 Å². The molecule has 1 nitrogen and oxygen atoms in total. The summed E-state index contributed by atoms with van der Waals surface area (Å²) in [6.07, 6.45) is 0. The van der Waals surface area contributed by atoms with Gasteiger partial charge in [0.25, 0.3) is 0 Å². The lowest BCUT2D eigenvalue weighted by molar-refractivity contribution is 0.0602. The summed E-state index contributed by atoms with van der Waals surface area (Å²) in [5.74, 6) is 0. The summed E-state index contributed by atoms with van der Waals surface area (Å²) in [5.41, 5.74) is -1.51. The molecule has 1 aliphatic heterocycles. The topological polar surface area (TPSA) is 12.0 Å². The first kappa shape index (κ1) is 4.97. The molecule has 0 aromatic carbocycles. The minimum Gasteiger partial charge on any atom is -0.310 e. The van der Waals surface area contributed by atoms with Gasteiger partial charge in [-0.1, -0.05) is 0 Å². The highest BCUT2D eigenvalue weighted by molar-refractivity contribution is 4.92. The van der Waals surface area contributed by atoms with E-state index >= 15 is 0 Å². The Hall–Kier alpha value is -0.180. The maximum atomic E-state index is 12.2. The van der Waals surface area contributed by atoms with Gasteiger partial charge in [-0.2, -0.15) is 0 Å². The van der Waals surface area contributed by atoms with Crippen LogP contribution in [0.25, 0.3) is 0 Å². The van der Waals surface area contributed by atoms with Crippen molar-refractivity contribution in [2.24, 2.45) is 0 Å². The van der Waals surface area contributed by atoms with Crippen molar-refractivity contribution in [1.29, 1.82) is 0 Å². The van der Waals surface area contributed by atoms with Crippen molar-refractivity contribution in [2.45, 2.75) is 5.67 Å². The van der Waals surface area contributed by atoms with E-state index in [1.165, 1.54) is 0 Å². The van der Waals surface area contributed by atoms with E-state index in [0.29, 0.717) is 0 Å². The lowest BCUT2D eigenvalue weighted by Gasteiger charge is -2.31. The highest BCUT2D eigenvalue weighted by Gasteiger charge is 2.36. The summed E-state index contributed by atoms with van der Waals surface area (Å²) in [6, 6.07) is 0. The van der Waals surface area contributed by atoms with Gasteiger partial charge in [-0.3, -0.25) is 0 Å². The van der Waals surface area contributed by atoms with E-state index in [0.717, 1.165) is 0 Å². The molecular weight excluding hydrogens is 100 g/mol. The molecule has 0 amide bonds. The number of halogens is 2. The van der Waals surface area contributed by atoms with E-state index in [2.05, 4.69) is 5.32 Å². The molecular formula is C4H7F2N. The molecule has 1 heterocycles. The van der Waals surface area contributed by atoms with E-state index < -0.39 is 12.3 Å². The predicted octanol–water partition coefficient (Wildman–Crippen LogP) is 0.267. The molecule has 42 valence electrons. The minimum absolute atomic E-state index is 0.184. The van der Waals surface area contributed by atoms with Gasteiger partial charge < -0.3 is 5.32 Å². The number of hydrogen-bond acceptors (Lipinski definition) is 1. The van der Waals surface area contributed by atoms with Gasteiger partial charge in [0.1, 0.15) is 6.67 Å². The lowest BCUT2D eigenvalue weighted by Crippen LogP contribution is -2.57. The van der Waals surface area contributed by atoms with E-state index in [1.807, 2.05) is 0 Å². The number of rotatable bonds is 1. The van der Waals surface area contributed by atoms with Crippen LogP contribution in [-0.2, 0) is 0 Å². The fourth-order valence-corrected chi connectivity index (χ4v) is 0.491. The van der Waals surface area contributed by atoms with E-state index in [9.17, 15) is 8.78 Å². The summed E-state index contributed by atoms with van der Waals surface area (Å²) >= 11 is 0. The van der Waals surface area contributed by atoms with Crippen LogP contribution in [0, 0.1) is 0 Å². The van der Waals surface area contributed by atoms with E-state index in [-0.39, 0.29) is 13.1 Å². The van der Waals surface area contributed by atoms with E-state index in [4.69, 9.17) is 0 Å². The third-order valence-electron chi connectivity index (χ3n) is 1.12. The molecule has 1 aliphatic rings. The molecule has 1 rings (SSSR count). The summed E-state index contributed by atoms with van der Waals surface area (Å²) in [7, 11) is 0. The Balaban J connectivity index is 2.29. The van der Waals surface area contributed by atoms with Gasteiger partial charge in [0.05, 0.1) is 0 Å². The largest absolute Gasteiger partial charge is 0.310 e. The van der Waals surface area contributed by atoms with Crippen LogP contribution >= 0.6 is 0 Å². The molecule has 0 aromatic heterocycles. The Morgan fingerprint density at radius 1 is 1.57 bits per heavy atom. The van der Waals surface area contributed by atoms with Gasteiger partial charge in [-0.25, -0.2) is 8.78 Å². The second kappa shape index (κ2) is 1.40. The summed E-state index contributed by atoms with van der Waals surface area (Å²) < 4.78 is 23.6. The summed E-state index contributed by atoms with van der Waals surface area (Å²) in [6.45, 7) is -0.479. The fourth-order valence-electron chi connectivity index (χ4n) is 0.491.